The lowest BCUT2D eigenvalue weighted by Crippen LogP contribution is -2.53. The molecular formula is C29H48FN5. The minimum atomic E-state index is -0.303. The number of likely N-dealkylation sites (tertiary alicyclic amines) is 2. The van der Waals surface area contributed by atoms with Gasteiger partial charge in [-0.1, -0.05) is 6.42 Å². The van der Waals surface area contributed by atoms with Gasteiger partial charge in [0.05, 0.1) is 17.3 Å². The quantitative estimate of drug-likeness (QED) is 0.564. The minimum absolute atomic E-state index is 0.162. The van der Waals surface area contributed by atoms with Gasteiger partial charge >= 0.3 is 0 Å². The zero-order valence-corrected chi connectivity index (χ0v) is 23.1. The van der Waals surface area contributed by atoms with E-state index in [1.165, 1.54) is 64.3 Å². The number of benzene rings is 1. The van der Waals surface area contributed by atoms with Gasteiger partial charge in [0, 0.05) is 56.4 Å². The summed E-state index contributed by atoms with van der Waals surface area (Å²) in [5.41, 5.74) is 1.50. The second-order valence-corrected chi connectivity index (χ2v) is 12.4. The Morgan fingerprint density at radius 1 is 0.771 bits per heavy atom. The fourth-order valence-corrected chi connectivity index (χ4v) is 5.64. The van der Waals surface area contributed by atoms with E-state index in [1.807, 2.05) is 6.07 Å². The topological polar surface area (TPSA) is 36.8 Å². The lowest BCUT2D eigenvalue weighted by Gasteiger charge is -2.44. The van der Waals surface area contributed by atoms with Crippen molar-refractivity contribution in [2.24, 2.45) is 0 Å². The van der Waals surface area contributed by atoms with Crippen LogP contribution in [-0.2, 0) is 0 Å². The van der Waals surface area contributed by atoms with Gasteiger partial charge in [0.1, 0.15) is 5.82 Å². The first-order valence-electron chi connectivity index (χ1n) is 13.7. The Balaban J connectivity index is 0.000000198. The maximum atomic E-state index is 13.9. The van der Waals surface area contributed by atoms with Crippen molar-refractivity contribution in [3.05, 3.63) is 29.6 Å². The van der Waals surface area contributed by atoms with Crippen molar-refractivity contribution < 1.29 is 4.39 Å². The number of anilines is 1. The van der Waals surface area contributed by atoms with E-state index in [2.05, 4.69) is 61.1 Å². The number of hydrogen-bond donors (Lipinski definition) is 0. The normalized spacial score (nSPS) is 21.8. The van der Waals surface area contributed by atoms with Crippen LogP contribution >= 0.6 is 0 Å². The molecule has 0 aromatic heterocycles. The van der Waals surface area contributed by atoms with Crippen LogP contribution in [0.5, 0.6) is 0 Å². The first kappa shape index (κ1) is 27.9. The Kier molecular flexibility index (Phi) is 9.60. The second kappa shape index (κ2) is 12.0. The first-order valence-corrected chi connectivity index (χ1v) is 13.7. The van der Waals surface area contributed by atoms with Crippen molar-refractivity contribution in [3.63, 3.8) is 0 Å². The molecule has 0 radical (unpaired) electrons. The third-order valence-electron chi connectivity index (χ3n) is 7.97. The highest BCUT2D eigenvalue weighted by Crippen LogP contribution is 2.26. The lowest BCUT2D eigenvalue weighted by molar-refractivity contribution is 0.0490. The van der Waals surface area contributed by atoms with Crippen molar-refractivity contribution in [2.45, 2.75) is 90.8 Å². The van der Waals surface area contributed by atoms with E-state index in [0.717, 1.165) is 32.2 Å². The maximum absolute atomic E-state index is 13.9. The van der Waals surface area contributed by atoms with Gasteiger partial charge in [-0.2, -0.15) is 5.26 Å². The number of halogens is 1. The Bertz CT molecular complexity index is 828. The molecule has 0 amide bonds. The monoisotopic (exact) mass is 485 g/mol. The smallest absolute Gasteiger partial charge is 0.147 e. The predicted octanol–water partition coefficient (Wildman–Crippen LogP) is 5.35. The van der Waals surface area contributed by atoms with E-state index in [-0.39, 0.29) is 11.4 Å². The van der Waals surface area contributed by atoms with Crippen LogP contribution < -0.4 is 4.90 Å². The predicted molar refractivity (Wildman–Crippen MR) is 144 cm³/mol. The molecule has 0 unspecified atom stereocenters. The second-order valence-electron chi connectivity index (χ2n) is 12.4. The van der Waals surface area contributed by atoms with Gasteiger partial charge in [-0.25, -0.2) is 4.39 Å². The fourth-order valence-electron chi connectivity index (χ4n) is 5.64. The van der Waals surface area contributed by atoms with Crippen LogP contribution in [0.25, 0.3) is 0 Å². The van der Waals surface area contributed by atoms with Crippen LogP contribution in [0.15, 0.2) is 18.2 Å². The van der Waals surface area contributed by atoms with Crippen molar-refractivity contribution in [1.82, 2.24) is 14.7 Å². The number of piperidine rings is 2. The van der Waals surface area contributed by atoms with Gasteiger partial charge in [-0.15, -0.1) is 0 Å². The van der Waals surface area contributed by atoms with E-state index in [9.17, 15) is 4.39 Å². The van der Waals surface area contributed by atoms with E-state index in [0.29, 0.717) is 16.8 Å². The van der Waals surface area contributed by atoms with Gasteiger partial charge < -0.3 is 9.80 Å². The molecule has 35 heavy (non-hydrogen) atoms. The Morgan fingerprint density at radius 2 is 1.31 bits per heavy atom. The van der Waals surface area contributed by atoms with Crippen LogP contribution in [0.2, 0.25) is 0 Å². The molecule has 196 valence electrons. The molecule has 0 spiro atoms. The van der Waals surface area contributed by atoms with Crippen LogP contribution in [-0.4, -0.2) is 84.2 Å². The van der Waals surface area contributed by atoms with Gasteiger partial charge in [0.15, 0.2) is 0 Å². The lowest BCUT2D eigenvalue weighted by atomic mass is 9.96. The van der Waals surface area contributed by atoms with Crippen LogP contribution in [0.3, 0.4) is 0 Å². The maximum Gasteiger partial charge on any atom is 0.147 e. The molecule has 3 aliphatic heterocycles. The molecule has 1 aromatic rings. The van der Waals surface area contributed by atoms with Crippen LogP contribution in [0, 0.1) is 17.1 Å². The fraction of sp³-hybridized carbons (Fsp3) is 0.759. The summed E-state index contributed by atoms with van der Waals surface area (Å²) in [5.74, 6) is -0.303. The van der Waals surface area contributed by atoms with Crippen molar-refractivity contribution in [2.75, 3.05) is 57.3 Å². The molecule has 5 nitrogen and oxygen atoms in total. The summed E-state index contributed by atoms with van der Waals surface area (Å²) in [6, 6.07) is 7.54. The molecule has 4 rings (SSSR count). The summed E-state index contributed by atoms with van der Waals surface area (Å²) in [4.78, 5) is 9.86. The highest BCUT2D eigenvalue weighted by atomic mass is 19.1. The summed E-state index contributed by atoms with van der Waals surface area (Å²) >= 11 is 0. The zero-order chi connectivity index (χ0) is 25.6. The van der Waals surface area contributed by atoms with Crippen molar-refractivity contribution in [1.29, 1.82) is 5.26 Å². The van der Waals surface area contributed by atoms with Crippen LogP contribution in [0.1, 0.15) is 79.2 Å². The van der Waals surface area contributed by atoms with Crippen molar-refractivity contribution in [3.8, 4) is 6.07 Å². The van der Waals surface area contributed by atoms with E-state index >= 15 is 0 Å². The summed E-state index contributed by atoms with van der Waals surface area (Å²) < 4.78 is 13.9. The first-order chi connectivity index (χ1) is 16.5. The zero-order valence-electron chi connectivity index (χ0n) is 23.1. The molecule has 3 saturated heterocycles. The number of nitrogens with zero attached hydrogens (tertiary/aromatic N) is 5. The Morgan fingerprint density at radius 3 is 1.80 bits per heavy atom. The number of hydrogen-bond acceptors (Lipinski definition) is 5. The van der Waals surface area contributed by atoms with Gasteiger partial charge in [0.25, 0.3) is 0 Å². The van der Waals surface area contributed by atoms with Crippen LogP contribution in [0.4, 0.5) is 10.1 Å². The third kappa shape index (κ3) is 7.90. The molecule has 6 heteroatoms. The highest BCUT2D eigenvalue weighted by Gasteiger charge is 2.30. The molecule has 3 heterocycles. The molecule has 3 fully saturated rings. The molecule has 0 N–H and O–H groups in total. The van der Waals surface area contributed by atoms with E-state index in [1.54, 1.807) is 12.1 Å². The summed E-state index contributed by atoms with van der Waals surface area (Å²) in [6.07, 6.45) is 7.09. The van der Waals surface area contributed by atoms with Gasteiger partial charge in [-0.3, -0.25) is 9.80 Å². The Labute approximate surface area is 213 Å². The Hall–Kier alpha value is -1.68. The summed E-state index contributed by atoms with van der Waals surface area (Å²) in [6.45, 7) is 22.4. The van der Waals surface area contributed by atoms with Gasteiger partial charge in [0.2, 0.25) is 0 Å². The molecular weight excluding hydrogens is 437 g/mol. The number of piperazine rings is 1. The van der Waals surface area contributed by atoms with E-state index in [4.69, 9.17) is 5.26 Å². The third-order valence-corrected chi connectivity index (χ3v) is 7.97. The van der Waals surface area contributed by atoms with Crippen molar-refractivity contribution >= 4 is 5.69 Å². The molecule has 3 aliphatic rings. The summed E-state index contributed by atoms with van der Waals surface area (Å²) in [5, 5.41) is 8.75. The van der Waals surface area contributed by atoms with Gasteiger partial charge in [-0.05, 0) is 98.5 Å². The number of nitriles is 1. The molecule has 1 aromatic carbocycles. The molecule has 0 saturated carbocycles. The minimum Gasteiger partial charge on any atom is -0.367 e. The average molecular weight is 486 g/mol. The SMILES string of the molecule is CC(C)(C)N1CCC(N2CCCCC2)CC1.CC(C)(C)N1CCN(c2ccc(C#N)cc2F)CC1. The number of rotatable bonds is 2. The highest BCUT2D eigenvalue weighted by molar-refractivity contribution is 5.51. The molecule has 0 aliphatic carbocycles. The largest absolute Gasteiger partial charge is 0.367 e. The molecule has 0 bridgehead atoms. The standard InChI is InChI=1S/C15H20FN3.C14H28N2/c1-15(2,3)19-8-6-18(7-9-19)14-5-4-12(11-17)10-13(14)16;1-14(2,3)16-11-7-13(8-12-16)15-9-5-4-6-10-15/h4-5,10H,6-9H2,1-3H3;13H,4-12H2,1-3H3. The van der Waals surface area contributed by atoms with E-state index < -0.39 is 0 Å². The average Bonchev–Trinajstić information content (AvgIpc) is 2.84. The molecule has 0 atom stereocenters. The summed E-state index contributed by atoms with van der Waals surface area (Å²) in [7, 11) is 0.